The van der Waals surface area contributed by atoms with E-state index in [1.807, 2.05) is 92.4 Å². The molecule has 30 heavy (non-hydrogen) atoms. The van der Waals surface area contributed by atoms with E-state index in [1.54, 1.807) is 15.8 Å². The number of hydrogen-bond acceptors (Lipinski definition) is 3. The molecule has 0 aliphatic rings. The molecule has 2 aromatic heterocycles. The fourth-order valence-electron chi connectivity index (χ4n) is 3.53. The number of carbonyl (C=O) groups is 1. The highest BCUT2D eigenvalue weighted by Crippen LogP contribution is 2.19. The molecule has 0 aliphatic carbocycles. The maximum absolute atomic E-state index is 12.8. The van der Waals surface area contributed by atoms with Crippen molar-refractivity contribution in [1.29, 1.82) is 0 Å². The monoisotopic (exact) mass is 399 g/mol. The van der Waals surface area contributed by atoms with Crippen molar-refractivity contribution in [3.8, 4) is 11.4 Å². The lowest BCUT2D eigenvalue weighted by Crippen LogP contribution is -2.28. The Kier molecular flexibility index (Phi) is 5.48. The first-order valence-corrected chi connectivity index (χ1v) is 9.96. The van der Waals surface area contributed by atoms with Gasteiger partial charge in [0.15, 0.2) is 0 Å². The molecule has 0 radical (unpaired) electrons. The molecule has 0 N–H and O–H groups in total. The molecule has 1 amide bonds. The maximum Gasteiger partial charge on any atom is 0.227 e. The number of nitrogens with zero attached hydrogens (tertiary/aromatic N) is 5. The molecule has 0 spiro atoms. The number of rotatable bonds is 6. The van der Waals surface area contributed by atoms with Crippen LogP contribution in [0.1, 0.15) is 22.5 Å². The molecule has 6 nitrogen and oxygen atoms in total. The summed E-state index contributed by atoms with van der Waals surface area (Å²) in [5.74, 6) is 0.0499. The fraction of sp³-hybridized carbons (Fsp3) is 0.208. The second kappa shape index (κ2) is 8.37. The van der Waals surface area contributed by atoms with Gasteiger partial charge in [0.05, 0.1) is 29.7 Å². The van der Waals surface area contributed by atoms with Gasteiger partial charge in [-0.1, -0.05) is 36.4 Å². The van der Waals surface area contributed by atoms with Crippen LogP contribution >= 0.6 is 0 Å². The number of amides is 1. The number of benzene rings is 2. The number of para-hydroxylation sites is 2. The zero-order valence-corrected chi connectivity index (χ0v) is 17.5. The van der Waals surface area contributed by atoms with Crippen LogP contribution in [0.4, 0.5) is 0 Å². The highest BCUT2D eigenvalue weighted by molar-refractivity contribution is 5.78. The molecule has 0 unspecified atom stereocenters. The quantitative estimate of drug-likeness (QED) is 0.494. The van der Waals surface area contributed by atoms with Crippen molar-refractivity contribution < 1.29 is 4.79 Å². The van der Waals surface area contributed by atoms with Crippen LogP contribution in [0, 0.1) is 13.8 Å². The Morgan fingerprint density at radius 1 is 0.967 bits per heavy atom. The van der Waals surface area contributed by atoms with Gasteiger partial charge in [0.1, 0.15) is 0 Å². The van der Waals surface area contributed by atoms with Crippen LogP contribution in [0.2, 0.25) is 0 Å². The average Bonchev–Trinajstić information content (AvgIpc) is 3.35. The van der Waals surface area contributed by atoms with Crippen LogP contribution in [0.5, 0.6) is 0 Å². The zero-order chi connectivity index (χ0) is 21.1. The Balaban J connectivity index is 1.46. The summed E-state index contributed by atoms with van der Waals surface area (Å²) in [5.41, 5.74) is 5.96. The van der Waals surface area contributed by atoms with Crippen molar-refractivity contribution in [3.05, 3.63) is 95.6 Å². The van der Waals surface area contributed by atoms with E-state index >= 15 is 0 Å². The summed E-state index contributed by atoms with van der Waals surface area (Å²) in [6.45, 7) is 4.56. The number of carbonyl (C=O) groups excluding carboxylic acids is 1. The van der Waals surface area contributed by atoms with Gasteiger partial charge in [-0.3, -0.25) is 4.79 Å². The topological polar surface area (TPSA) is 56.0 Å². The van der Waals surface area contributed by atoms with Crippen LogP contribution in [0.25, 0.3) is 11.4 Å². The summed E-state index contributed by atoms with van der Waals surface area (Å²) in [7, 11) is 1.84. The SMILES string of the molecule is Cc1nn(-c2ccccc2)c(C)c1CN(C)C(=O)Cc1cnn(-c2ccccc2)c1. The fourth-order valence-corrected chi connectivity index (χ4v) is 3.53. The Bertz CT molecular complexity index is 1150. The molecule has 0 fully saturated rings. The molecule has 2 heterocycles. The third-order valence-electron chi connectivity index (χ3n) is 5.28. The second-order valence-corrected chi connectivity index (χ2v) is 7.45. The van der Waals surface area contributed by atoms with Gasteiger partial charge >= 0.3 is 0 Å². The first-order valence-electron chi connectivity index (χ1n) is 9.96. The summed E-state index contributed by atoms with van der Waals surface area (Å²) in [6, 6.07) is 19.9. The molecule has 0 saturated carbocycles. The summed E-state index contributed by atoms with van der Waals surface area (Å²) < 4.78 is 3.73. The molecular formula is C24H25N5O. The maximum atomic E-state index is 12.8. The lowest BCUT2D eigenvalue weighted by Gasteiger charge is -2.17. The average molecular weight is 399 g/mol. The Morgan fingerprint density at radius 3 is 2.27 bits per heavy atom. The van der Waals surface area contributed by atoms with Crippen molar-refractivity contribution in [2.75, 3.05) is 7.05 Å². The van der Waals surface area contributed by atoms with Gasteiger partial charge in [0.25, 0.3) is 0 Å². The van der Waals surface area contributed by atoms with Crippen molar-refractivity contribution in [3.63, 3.8) is 0 Å². The van der Waals surface area contributed by atoms with E-state index < -0.39 is 0 Å². The van der Waals surface area contributed by atoms with Gasteiger partial charge in [-0.15, -0.1) is 0 Å². The Labute approximate surface area is 176 Å². The molecule has 0 saturated heterocycles. The number of hydrogen-bond donors (Lipinski definition) is 0. The van der Waals surface area contributed by atoms with Gasteiger partial charge < -0.3 is 4.90 Å². The molecule has 4 rings (SSSR count). The predicted molar refractivity (Wildman–Crippen MR) is 117 cm³/mol. The highest BCUT2D eigenvalue weighted by atomic mass is 16.2. The van der Waals surface area contributed by atoms with Crippen molar-refractivity contribution in [2.45, 2.75) is 26.8 Å². The minimum absolute atomic E-state index is 0.0499. The number of aromatic nitrogens is 4. The molecule has 0 bridgehead atoms. The van der Waals surface area contributed by atoms with Crippen LogP contribution in [0.15, 0.2) is 73.1 Å². The van der Waals surface area contributed by atoms with E-state index in [2.05, 4.69) is 10.2 Å². The minimum Gasteiger partial charge on any atom is -0.341 e. The first kappa shape index (κ1) is 19.6. The molecule has 152 valence electrons. The van der Waals surface area contributed by atoms with Crippen LogP contribution in [0.3, 0.4) is 0 Å². The zero-order valence-electron chi connectivity index (χ0n) is 17.5. The number of aryl methyl sites for hydroxylation is 1. The molecule has 0 aliphatic heterocycles. The molecule has 2 aromatic carbocycles. The third-order valence-corrected chi connectivity index (χ3v) is 5.28. The van der Waals surface area contributed by atoms with E-state index in [9.17, 15) is 4.79 Å². The molecule has 4 aromatic rings. The molecule has 0 atom stereocenters. The standard InChI is InChI=1S/C24H25N5O/c1-18-23(19(2)29(26-18)22-12-8-5-9-13-22)17-27(3)24(30)14-20-15-25-28(16-20)21-10-6-4-7-11-21/h4-13,15-16H,14,17H2,1-3H3. The Morgan fingerprint density at radius 2 is 1.60 bits per heavy atom. The lowest BCUT2D eigenvalue weighted by atomic mass is 10.1. The van der Waals surface area contributed by atoms with Gasteiger partial charge in [-0.2, -0.15) is 10.2 Å². The van der Waals surface area contributed by atoms with Gasteiger partial charge in [0, 0.05) is 31.0 Å². The van der Waals surface area contributed by atoms with Crippen molar-refractivity contribution in [2.24, 2.45) is 0 Å². The largest absolute Gasteiger partial charge is 0.341 e. The van der Waals surface area contributed by atoms with Gasteiger partial charge in [0.2, 0.25) is 5.91 Å². The smallest absolute Gasteiger partial charge is 0.227 e. The summed E-state index contributed by atoms with van der Waals surface area (Å²) >= 11 is 0. The van der Waals surface area contributed by atoms with E-state index in [0.29, 0.717) is 13.0 Å². The summed E-state index contributed by atoms with van der Waals surface area (Å²) in [4.78, 5) is 14.6. The predicted octanol–water partition coefficient (Wildman–Crippen LogP) is 3.88. The van der Waals surface area contributed by atoms with E-state index in [-0.39, 0.29) is 5.91 Å². The molecular weight excluding hydrogens is 374 g/mol. The van der Waals surface area contributed by atoms with E-state index in [0.717, 1.165) is 33.9 Å². The Hall–Kier alpha value is -3.67. The van der Waals surface area contributed by atoms with Crippen molar-refractivity contribution in [1.82, 2.24) is 24.5 Å². The third kappa shape index (κ3) is 4.03. The lowest BCUT2D eigenvalue weighted by molar-refractivity contribution is -0.129. The summed E-state index contributed by atoms with van der Waals surface area (Å²) in [6.07, 6.45) is 3.97. The minimum atomic E-state index is 0.0499. The number of likely N-dealkylation sites (N-methyl/N-ethyl adjacent to an activating group) is 1. The van der Waals surface area contributed by atoms with Crippen LogP contribution in [-0.4, -0.2) is 37.4 Å². The van der Waals surface area contributed by atoms with E-state index in [4.69, 9.17) is 0 Å². The summed E-state index contributed by atoms with van der Waals surface area (Å²) in [5, 5.41) is 9.06. The normalized spacial score (nSPS) is 10.9. The van der Waals surface area contributed by atoms with Crippen molar-refractivity contribution >= 4 is 5.91 Å². The first-order chi connectivity index (χ1) is 14.5. The van der Waals surface area contributed by atoms with E-state index in [1.165, 1.54) is 0 Å². The highest BCUT2D eigenvalue weighted by Gasteiger charge is 2.18. The second-order valence-electron chi connectivity index (χ2n) is 7.45. The van der Waals surface area contributed by atoms with Crippen LogP contribution in [-0.2, 0) is 17.8 Å². The molecule has 6 heteroatoms. The van der Waals surface area contributed by atoms with Gasteiger partial charge in [-0.25, -0.2) is 9.36 Å². The van der Waals surface area contributed by atoms with Gasteiger partial charge in [-0.05, 0) is 43.7 Å². The van der Waals surface area contributed by atoms with Crippen LogP contribution < -0.4 is 0 Å².